The van der Waals surface area contributed by atoms with Crippen LogP contribution in [0, 0.1) is 0 Å². The fraction of sp³-hybridized carbons (Fsp3) is 0. The van der Waals surface area contributed by atoms with E-state index < -0.39 is 0 Å². The maximum Gasteiger partial charge on any atom is 2.00 e. The Bertz CT molecular complexity index is 857. The van der Waals surface area contributed by atoms with E-state index >= 15 is 0 Å². The van der Waals surface area contributed by atoms with Crippen LogP contribution < -0.4 is 0 Å². The molecule has 0 unspecified atom stereocenters. The van der Waals surface area contributed by atoms with Crippen LogP contribution in [0.5, 0.6) is 0 Å². The Morgan fingerprint density at radius 3 is 1.07 bits per heavy atom. The van der Waals surface area contributed by atoms with Crippen LogP contribution in [0.25, 0.3) is 0 Å². The van der Waals surface area contributed by atoms with E-state index in [4.69, 9.17) is 0 Å². The number of ketones is 2. The first-order valence-electron chi connectivity index (χ1n) is 8.38. The minimum absolute atomic E-state index is 0. The van der Waals surface area contributed by atoms with E-state index in [1.54, 1.807) is 0 Å². The molecule has 0 saturated carbocycles. The van der Waals surface area contributed by atoms with Crippen molar-refractivity contribution in [3.63, 3.8) is 0 Å². The second kappa shape index (κ2) is 10.2. The number of hydrogen-bond acceptors (Lipinski definition) is 2. The number of hydrogen-bond donors (Lipinski definition) is 0. The maximum atomic E-state index is 11.7. The van der Waals surface area contributed by atoms with E-state index in [0.717, 1.165) is 22.3 Å². The fourth-order valence-corrected chi connectivity index (χ4v) is 2.56. The minimum Gasteiger partial charge on any atom is -0.311 e. The Morgan fingerprint density at radius 2 is 0.778 bits per heavy atom. The molecular formula is C24H18FeO2. The summed E-state index contributed by atoms with van der Waals surface area (Å²) in [6, 6.07) is 33.4. The van der Waals surface area contributed by atoms with E-state index in [0.29, 0.717) is 0 Å². The fourth-order valence-electron chi connectivity index (χ4n) is 2.56. The van der Waals surface area contributed by atoms with E-state index in [9.17, 15) is 9.59 Å². The van der Waals surface area contributed by atoms with Crippen LogP contribution in [0.3, 0.4) is 0 Å². The molecule has 0 heterocycles. The summed E-state index contributed by atoms with van der Waals surface area (Å²) < 4.78 is 0. The molecule has 4 rings (SSSR count). The summed E-state index contributed by atoms with van der Waals surface area (Å²) in [5.41, 5.74) is 3.00. The van der Waals surface area contributed by atoms with Gasteiger partial charge in [0.2, 0.25) is 0 Å². The summed E-state index contributed by atoms with van der Waals surface area (Å²) in [7, 11) is 0. The summed E-state index contributed by atoms with van der Waals surface area (Å²) in [5, 5.41) is 0. The van der Waals surface area contributed by atoms with Gasteiger partial charge in [0.05, 0.1) is 0 Å². The zero-order chi connectivity index (χ0) is 18.2. The molecule has 0 aliphatic heterocycles. The van der Waals surface area contributed by atoms with Crippen LogP contribution in [0.15, 0.2) is 109 Å². The quantitative estimate of drug-likeness (QED) is 0.269. The number of rotatable bonds is 4. The van der Waals surface area contributed by atoms with Crippen molar-refractivity contribution in [2.45, 2.75) is 0 Å². The minimum atomic E-state index is 0. The molecule has 134 valence electrons. The van der Waals surface area contributed by atoms with Gasteiger partial charge in [0.1, 0.15) is 11.6 Å². The summed E-state index contributed by atoms with van der Waals surface area (Å²) in [5.74, 6) is 0.177. The Hall–Kier alpha value is -3.00. The molecule has 27 heavy (non-hydrogen) atoms. The van der Waals surface area contributed by atoms with Gasteiger partial charge in [-0.2, -0.15) is 24.3 Å². The van der Waals surface area contributed by atoms with E-state index in [1.165, 1.54) is 0 Å². The number of carbonyl (C=O) groups is 2. The van der Waals surface area contributed by atoms with Gasteiger partial charge in [0.15, 0.2) is 0 Å². The van der Waals surface area contributed by atoms with Gasteiger partial charge in [0.25, 0.3) is 0 Å². The van der Waals surface area contributed by atoms with Crippen molar-refractivity contribution < 1.29 is 26.7 Å². The van der Waals surface area contributed by atoms with Crippen LogP contribution in [-0.2, 0) is 17.1 Å². The van der Waals surface area contributed by atoms with Crippen LogP contribution in [0.4, 0.5) is 0 Å². The molecule has 4 aromatic carbocycles. The maximum absolute atomic E-state index is 11.7. The number of carbonyl (C=O) groups excluding carboxylic acids is 2. The molecular weight excluding hydrogens is 376 g/mol. The van der Waals surface area contributed by atoms with E-state index in [-0.39, 0.29) is 28.6 Å². The van der Waals surface area contributed by atoms with Crippen molar-refractivity contribution >= 4 is 11.6 Å². The van der Waals surface area contributed by atoms with Gasteiger partial charge in [-0.25, -0.2) is 0 Å². The van der Waals surface area contributed by atoms with Crippen LogP contribution in [-0.4, -0.2) is 11.6 Å². The molecule has 0 aromatic heterocycles. The van der Waals surface area contributed by atoms with Crippen molar-refractivity contribution in [3.8, 4) is 0 Å². The molecule has 0 saturated heterocycles. The predicted molar refractivity (Wildman–Crippen MR) is 104 cm³/mol. The third-order valence-corrected chi connectivity index (χ3v) is 3.92. The van der Waals surface area contributed by atoms with Crippen molar-refractivity contribution in [2.75, 3.05) is 0 Å². The third-order valence-electron chi connectivity index (χ3n) is 3.92. The Kier molecular flexibility index (Phi) is 7.69. The first kappa shape index (κ1) is 20.3. The van der Waals surface area contributed by atoms with Crippen molar-refractivity contribution in [3.05, 3.63) is 131 Å². The molecule has 0 spiro atoms. The van der Waals surface area contributed by atoms with Crippen LogP contribution >= 0.6 is 0 Å². The second-order valence-electron chi connectivity index (χ2n) is 5.74. The summed E-state index contributed by atoms with van der Waals surface area (Å²) >= 11 is 0. The van der Waals surface area contributed by atoms with Gasteiger partial charge in [-0.1, -0.05) is 82.9 Å². The summed E-state index contributed by atoms with van der Waals surface area (Å²) in [4.78, 5) is 23.4. The van der Waals surface area contributed by atoms with Gasteiger partial charge in [-0.15, -0.1) is 24.3 Å². The molecule has 0 bridgehead atoms. The molecule has 0 fully saturated rings. The van der Waals surface area contributed by atoms with Gasteiger partial charge >= 0.3 is 17.1 Å². The van der Waals surface area contributed by atoms with Crippen molar-refractivity contribution in [1.82, 2.24) is 0 Å². The molecule has 0 amide bonds. The smallest absolute Gasteiger partial charge is 0.311 e. The monoisotopic (exact) mass is 394 g/mol. The third kappa shape index (κ3) is 5.49. The molecule has 3 heteroatoms. The molecule has 0 aliphatic rings. The summed E-state index contributed by atoms with van der Waals surface area (Å²) in [6.07, 6.45) is 0. The van der Waals surface area contributed by atoms with Crippen LogP contribution in [0.2, 0.25) is 0 Å². The Labute approximate surface area is 169 Å². The first-order chi connectivity index (χ1) is 12.8. The van der Waals surface area contributed by atoms with E-state index in [1.807, 2.05) is 109 Å². The predicted octanol–water partition coefficient (Wildman–Crippen LogP) is 5.27. The molecule has 2 nitrogen and oxygen atoms in total. The molecule has 4 aromatic rings. The average Bonchev–Trinajstić information content (AvgIpc) is 3.43. The number of benzene rings is 2. The first-order valence-corrected chi connectivity index (χ1v) is 8.38. The molecule has 0 atom stereocenters. The SMILES string of the molecule is O=C(c1ccccc1)[c-]1cccc1.O=C(c1ccccc1)[c-]1cccc1.[Fe+2]. The Balaban J connectivity index is 0.000000187. The zero-order valence-corrected chi connectivity index (χ0v) is 15.7. The largest absolute Gasteiger partial charge is 2.00 e. The zero-order valence-electron chi connectivity index (χ0n) is 14.6. The van der Waals surface area contributed by atoms with Gasteiger partial charge in [0, 0.05) is 0 Å². The van der Waals surface area contributed by atoms with Crippen LogP contribution in [0.1, 0.15) is 31.8 Å². The van der Waals surface area contributed by atoms with Gasteiger partial charge in [-0.3, -0.25) is 0 Å². The van der Waals surface area contributed by atoms with Crippen molar-refractivity contribution in [1.29, 1.82) is 0 Å². The van der Waals surface area contributed by atoms with Crippen molar-refractivity contribution in [2.24, 2.45) is 0 Å². The molecule has 0 radical (unpaired) electrons. The second-order valence-corrected chi connectivity index (χ2v) is 5.74. The topological polar surface area (TPSA) is 34.1 Å². The van der Waals surface area contributed by atoms with E-state index in [2.05, 4.69) is 0 Å². The van der Waals surface area contributed by atoms with Gasteiger partial charge in [-0.05, 0) is 0 Å². The average molecular weight is 394 g/mol. The molecule has 0 aliphatic carbocycles. The molecule has 0 N–H and O–H groups in total. The Morgan fingerprint density at radius 1 is 0.481 bits per heavy atom. The summed E-state index contributed by atoms with van der Waals surface area (Å²) in [6.45, 7) is 0. The normalized spacial score (nSPS) is 9.48. The van der Waals surface area contributed by atoms with Gasteiger partial charge < -0.3 is 9.59 Å². The standard InChI is InChI=1S/2C12H9O.Fe/c2*13-12(11-8-4-5-9-11)10-6-2-1-3-7-10;/h2*1-9H;/q2*-1;+2.